The summed E-state index contributed by atoms with van der Waals surface area (Å²) < 4.78 is 7.40. The van der Waals surface area contributed by atoms with Crippen molar-refractivity contribution in [3.63, 3.8) is 0 Å². The van der Waals surface area contributed by atoms with Crippen LogP contribution < -0.4 is 5.32 Å². The van der Waals surface area contributed by atoms with E-state index in [0.717, 1.165) is 29.5 Å². The number of carbonyl (C=O) groups is 2. The fourth-order valence-corrected chi connectivity index (χ4v) is 3.57. The molecule has 0 fully saturated rings. The molecule has 1 amide bonds. The van der Waals surface area contributed by atoms with Crippen molar-refractivity contribution >= 4 is 22.8 Å². The highest BCUT2D eigenvalue weighted by molar-refractivity contribution is 5.88. The molecule has 1 aliphatic heterocycles. The molecule has 0 saturated heterocycles. The molecule has 3 aromatic rings. The Morgan fingerprint density at radius 3 is 2.93 bits per heavy atom. The maximum absolute atomic E-state index is 12.0. The SMILES string of the molecule is O=C(O)CNC(=O)Cn1ccc2ccc(-c3cccc4c3CCOC4)cc21. The zero-order valence-corrected chi connectivity index (χ0v) is 14.8. The van der Waals surface area contributed by atoms with Crippen molar-refractivity contribution in [1.82, 2.24) is 9.88 Å². The van der Waals surface area contributed by atoms with E-state index in [9.17, 15) is 9.59 Å². The van der Waals surface area contributed by atoms with Gasteiger partial charge in [0, 0.05) is 11.7 Å². The van der Waals surface area contributed by atoms with Gasteiger partial charge >= 0.3 is 5.97 Å². The second-order valence-corrected chi connectivity index (χ2v) is 6.63. The number of aromatic nitrogens is 1. The number of benzene rings is 2. The van der Waals surface area contributed by atoms with Gasteiger partial charge in [0.2, 0.25) is 5.91 Å². The van der Waals surface area contributed by atoms with Crippen LogP contribution in [-0.2, 0) is 33.9 Å². The van der Waals surface area contributed by atoms with Gasteiger partial charge in [-0.25, -0.2) is 0 Å². The van der Waals surface area contributed by atoms with Crippen molar-refractivity contribution in [2.24, 2.45) is 0 Å². The minimum Gasteiger partial charge on any atom is -0.480 e. The third kappa shape index (κ3) is 3.57. The van der Waals surface area contributed by atoms with E-state index >= 15 is 0 Å². The minimum absolute atomic E-state index is 0.0843. The molecule has 0 radical (unpaired) electrons. The molecule has 2 heterocycles. The molecule has 0 atom stereocenters. The van der Waals surface area contributed by atoms with E-state index in [-0.39, 0.29) is 19.0 Å². The highest BCUT2D eigenvalue weighted by atomic mass is 16.5. The third-order valence-corrected chi connectivity index (χ3v) is 4.86. The minimum atomic E-state index is -1.05. The van der Waals surface area contributed by atoms with Crippen molar-refractivity contribution in [3.8, 4) is 11.1 Å². The molecule has 1 aliphatic rings. The number of ether oxygens (including phenoxy) is 1. The lowest BCUT2D eigenvalue weighted by atomic mass is 9.92. The van der Waals surface area contributed by atoms with Crippen molar-refractivity contribution < 1.29 is 19.4 Å². The molecular weight excluding hydrogens is 344 g/mol. The summed E-state index contributed by atoms with van der Waals surface area (Å²) in [5.74, 6) is -1.38. The Bertz CT molecular complexity index is 1020. The van der Waals surface area contributed by atoms with Crippen molar-refractivity contribution in [2.75, 3.05) is 13.2 Å². The Balaban J connectivity index is 1.67. The summed E-state index contributed by atoms with van der Waals surface area (Å²) in [6.07, 6.45) is 2.74. The standard InChI is InChI=1S/C21H20N2O4/c24-20(22-11-21(25)26)12-23-8-6-14-4-5-15(10-19(14)23)17-3-1-2-16-13-27-9-7-18(16)17/h1-6,8,10H,7,9,11-13H2,(H,22,24)(H,25,26). The number of aliphatic carboxylic acids is 1. The molecule has 27 heavy (non-hydrogen) atoms. The first-order valence-corrected chi connectivity index (χ1v) is 8.88. The molecule has 138 valence electrons. The van der Waals surface area contributed by atoms with Crippen LogP contribution in [0.25, 0.3) is 22.0 Å². The predicted molar refractivity (Wildman–Crippen MR) is 101 cm³/mol. The smallest absolute Gasteiger partial charge is 0.322 e. The van der Waals surface area contributed by atoms with Crippen LogP contribution in [0, 0.1) is 0 Å². The first-order chi connectivity index (χ1) is 13.1. The van der Waals surface area contributed by atoms with Crippen molar-refractivity contribution in [3.05, 3.63) is 59.8 Å². The molecule has 6 nitrogen and oxygen atoms in total. The summed E-state index contributed by atoms with van der Waals surface area (Å²) in [5.41, 5.74) is 5.79. The van der Waals surface area contributed by atoms with Gasteiger partial charge in [0.1, 0.15) is 13.1 Å². The topological polar surface area (TPSA) is 80.6 Å². The fourth-order valence-electron chi connectivity index (χ4n) is 3.57. The molecule has 0 unspecified atom stereocenters. The monoisotopic (exact) mass is 364 g/mol. The number of amides is 1. The third-order valence-electron chi connectivity index (χ3n) is 4.86. The summed E-state index contributed by atoms with van der Waals surface area (Å²) in [5, 5.41) is 12.1. The molecule has 4 rings (SSSR count). The average Bonchev–Trinajstić information content (AvgIpc) is 3.08. The molecule has 6 heteroatoms. The Morgan fingerprint density at radius 2 is 2.07 bits per heavy atom. The van der Waals surface area contributed by atoms with Gasteiger partial charge in [-0.15, -0.1) is 0 Å². The van der Waals surface area contributed by atoms with Gasteiger partial charge in [0.25, 0.3) is 0 Å². The van der Waals surface area contributed by atoms with E-state index in [0.29, 0.717) is 6.61 Å². The summed E-state index contributed by atoms with van der Waals surface area (Å²) >= 11 is 0. The Morgan fingerprint density at radius 1 is 1.19 bits per heavy atom. The zero-order valence-electron chi connectivity index (χ0n) is 14.8. The molecule has 0 aliphatic carbocycles. The predicted octanol–water partition coefficient (Wildman–Crippen LogP) is 2.58. The maximum Gasteiger partial charge on any atom is 0.322 e. The van der Waals surface area contributed by atoms with Crippen molar-refractivity contribution in [1.29, 1.82) is 0 Å². The van der Waals surface area contributed by atoms with Crippen LogP contribution in [0.5, 0.6) is 0 Å². The maximum atomic E-state index is 12.0. The Labute approximate surface area is 156 Å². The first-order valence-electron chi connectivity index (χ1n) is 8.88. The molecule has 2 aromatic carbocycles. The Kier molecular flexibility index (Phi) is 4.64. The number of carboxylic acids is 1. The van der Waals surface area contributed by atoms with E-state index in [1.807, 2.05) is 22.9 Å². The number of carboxylic acid groups (broad SMARTS) is 1. The number of nitrogens with zero attached hydrogens (tertiary/aromatic N) is 1. The summed E-state index contributed by atoms with van der Waals surface area (Å²) in [7, 11) is 0. The highest BCUT2D eigenvalue weighted by Crippen LogP contribution is 2.31. The Hall–Kier alpha value is -3.12. The lowest BCUT2D eigenvalue weighted by Crippen LogP contribution is -2.31. The molecule has 0 bridgehead atoms. The van der Waals surface area contributed by atoms with Gasteiger partial charge in [0.15, 0.2) is 0 Å². The molecular formula is C21H20N2O4. The van der Waals surface area contributed by atoms with Gasteiger partial charge in [-0.1, -0.05) is 30.3 Å². The quantitative estimate of drug-likeness (QED) is 0.729. The van der Waals surface area contributed by atoms with Crippen LogP contribution in [0.3, 0.4) is 0 Å². The molecule has 0 spiro atoms. The summed E-state index contributed by atoms with van der Waals surface area (Å²) in [6.45, 7) is 1.08. The van der Waals surface area contributed by atoms with Crippen LogP contribution in [-0.4, -0.2) is 34.7 Å². The highest BCUT2D eigenvalue weighted by Gasteiger charge is 2.15. The number of hydrogen-bond acceptors (Lipinski definition) is 3. The number of fused-ring (bicyclic) bond motifs is 2. The van der Waals surface area contributed by atoms with Crippen LogP contribution in [0.4, 0.5) is 0 Å². The van der Waals surface area contributed by atoms with Gasteiger partial charge in [-0.3, -0.25) is 9.59 Å². The second-order valence-electron chi connectivity index (χ2n) is 6.63. The van der Waals surface area contributed by atoms with Crippen LogP contribution in [0.1, 0.15) is 11.1 Å². The molecule has 1 aromatic heterocycles. The molecule has 2 N–H and O–H groups in total. The normalized spacial score (nSPS) is 13.3. The lowest BCUT2D eigenvalue weighted by Gasteiger charge is -2.20. The van der Waals surface area contributed by atoms with Crippen LogP contribution in [0.15, 0.2) is 48.7 Å². The van der Waals surface area contributed by atoms with E-state index < -0.39 is 5.97 Å². The van der Waals surface area contributed by atoms with Gasteiger partial charge in [-0.05, 0) is 46.2 Å². The largest absolute Gasteiger partial charge is 0.480 e. The fraction of sp³-hybridized carbons (Fsp3) is 0.238. The molecule has 0 saturated carbocycles. The zero-order chi connectivity index (χ0) is 18.8. The van der Waals surface area contributed by atoms with Gasteiger partial charge in [0.05, 0.1) is 13.2 Å². The summed E-state index contributed by atoms with van der Waals surface area (Å²) in [6, 6.07) is 14.5. The van der Waals surface area contributed by atoms with E-state index in [4.69, 9.17) is 9.84 Å². The summed E-state index contributed by atoms with van der Waals surface area (Å²) in [4.78, 5) is 22.6. The number of nitrogens with one attached hydrogen (secondary N) is 1. The van der Waals surface area contributed by atoms with Crippen molar-refractivity contribution in [2.45, 2.75) is 19.6 Å². The average molecular weight is 364 g/mol. The van der Waals surface area contributed by atoms with Gasteiger partial charge < -0.3 is 19.7 Å². The van der Waals surface area contributed by atoms with E-state index in [2.05, 4.69) is 35.6 Å². The number of rotatable bonds is 5. The lowest BCUT2D eigenvalue weighted by molar-refractivity contribution is -0.138. The van der Waals surface area contributed by atoms with E-state index in [1.54, 1.807) is 0 Å². The van der Waals surface area contributed by atoms with E-state index in [1.165, 1.54) is 16.7 Å². The number of carbonyl (C=O) groups excluding carboxylic acids is 1. The van der Waals surface area contributed by atoms with Crippen LogP contribution in [0.2, 0.25) is 0 Å². The van der Waals surface area contributed by atoms with Gasteiger partial charge in [-0.2, -0.15) is 0 Å². The van der Waals surface area contributed by atoms with Crippen LogP contribution >= 0.6 is 0 Å². The second kappa shape index (κ2) is 7.25. The number of hydrogen-bond donors (Lipinski definition) is 2. The first kappa shape index (κ1) is 17.3.